The van der Waals surface area contributed by atoms with Crippen molar-refractivity contribution < 1.29 is 24.2 Å². The number of amides is 1. The number of Topliss-reactive ketones (excluding diaryl/α,β-unsaturated/α-hetero) is 1. The molecule has 1 atom stereocenters. The van der Waals surface area contributed by atoms with Gasteiger partial charge in [-0.1, -0.05) is 19.9 Å². The normalized spacial score (nSPS) is 17.3. The van der Waals surface area contributed by atoms with Crippen molar-refractivity contribution in [2.75, 3.05) is 18.1 Å². The van der Waals surface area contributed by atoms with Crippen LogP contribution in [-0.2, 0) is 9.59 Å². The van der Waals surface area contributed by atoms with Crippen LogP contribution in [0.25, 0.3) is 5.76 Å². The molecule has 1 aliphatic heterocycles. The van der Waals surface area contributed by atoms with E-state index in [0.29, 0.717) is 36.1 Å². The average molecular weight is 492 g/mol. The molecule has 1 N–H and O–H groups in total. The van der Waals surface area contributed by atoms with E-state index >= 15 is 0 Å². The second-order valence-corrected chi connectivity index (χ2v) is 9.78. The minimum atomic E-state index is -0.731. The van der Waals surface area contributed by atoms with Gasteiger partial charge in [-0.25, -0.2) is 0 Å². The van der Waals surface area contributed by atoms with Crippen molar-refractivity contribution in [1.29, 1.82) is 0 Å². The predicted molar refractivity (Wildman–Crippen MR) is 138 cm³/mol. The molecule has 2 heterocycles. The van der Waals surface area contributed by atoms with E-state index in [-0.39, 0.29) is 11.3 Å². The Labute approximate surface area is 209 Å². The molecule has 0 radical (unpaired) electrons. The Hall–Kier alpha value is -3.58. The van der Waals surface area contributed by atoms with Crippen molar-refractivity contribution in [1.82, 2.24) is 0 Å². The van der Waals surface area contributed by atoms with Crippen molar-refractivity contribution in [3.05, 3.63) is 81.6 Å². The molecule has 35 heavy (non-hydrogen) atoms. The first-order chi connectivity index (χ1) is 16.8. The number of benzene rings is 2. The smallest absolute Gasteiger partial charge is 0.300 e. The van der Waals surface area contributed by atoms with Crippen LogP contribution in [0.3, 0.4) is 0 Å². The van der Waals surface area contributed by atoms with E-state index in [4.69, 9.17) is 9.47 Å². The van der Waals surface area contributed by atoms with Crippen molar-refractivity contribution in [3.63, 3.8) is 0 Å². The van der Waals surface area contributed by atoms with Crippen molar-refractivity contribution >= 4 is 34.5 Å². The molecule has 4 rings (SSSR count). The second kappa shape index (κ2) is 10.4. The number of thiophene rings is 1. The van der Waals surface area contributed by atoms with Crippen LogP contribution < -0.4 is 14.4 Å². The molecule has 0 aliphatic carbocycles. The summed E-state index contributed by atoms with van der Waals surface area (Å²) in [5, 5.41) is 13.2. The number of hydrogen-bond acceptors (Lipinski definition) is 6. The molecule has 7 heteroatoms. The van der Waals surface area contributed by atoms with E-state index < -0.39 is 17.7 Å². The number of anilines is 1. The zero-order chi connectivity index (χ0) is 25.1. The standard InChI is InChI=1S/C28H29NO5S/c1-5-33-21-11-9-20(10-12-21)29-25(23-7-6-14-35-23)24(27(31)28(29)32)26(30)19-8-13-22(18(4)15-19)34-16-17(2)3/h6-15,17,25,30H,5,16H2,1-4H3/b26-24-. The zero-order valence-electron chi connectivity index (χ0n) is 20.3. The molecule has 1 aliphatic rings. The minimum absolute atomic E-state index is 0.0709. The lowest BCUT2D eigenvalue weighted by molar-refractivity contribution is -0.132. The quantitative estimate of drug-likeness (QED) is 0.234. The number of ketones is 1. The van der Waals surface area contributed by atoms with E-state index in [1.807, 2.05) is 31.4 Å². The molecule has 1 unspecified atom stereocenters. The third kappa shape index (κ3) is 4.95. The molecule has 1 aromatic heterocycles. The number of rotatable bonds is 8. The molecule has 1 amide bonds. The summed E-state index contributed by atoms with van der Waals surface area (Å²) in [6.45, 7) is 9.04. The number of carbonyl (C=O) groups excluding carboxylic acids is 2. The van der Waals surface area contributed by atoms with Crippen LogP contribution in [0.5, 0.6) is 11.5 Å². The lowest BCUT2D eigenvalue weighted by Crippen LogP contribution is -2.29. The van der Waals surface area contributed by atoms with E-state index in [1.54, 1.807) is 42.5 Å². The Morgan fingerprint density at radius 3 is 2.43 bits per heavy atom. The Morgan fingerprint density at radius 1 is 1.09 bits per heavy atom. The predicted octanol–water partition coefficient (Wildman–Crippen LogP) is 6.12. The Kier molecular flexibility index (Phi) is 7.26. The van der Waals surface area contributed by atoms with E-state index in [9.17, 15) is 14.7 Å². The summed E-state index contributed by atoms with van der Waals surface area (Å²) in [4.78, 5) is 28.7. The van der Waals surface area contributed by atoms with Crippen molar-refractivity contribution in [2.45, 2.75) is 33.7 Å². The van der Waals surface area contributed by atoms with Gasteiger partial charge in [0.25, 0.3) is 11.7 Å². The molecule has 0 bridgehead atoms. The van der Waals surface area contributed by atoms with Gasteiger partial charge in [-0.2, -0.15) is 0 Å². The Bertz CT molecular complexity index is 1240. The molecular weight excluding hydrogens is 462 g/mol. The highest BCUT2D eigenvalue weighted by molar-refractivity contribution is 7.10. The van der Waals surface area contributed by atoms with Crippen LogP contribution in [0.15, 0.2) is 65.6 Å². The lowest BCUT2D eigenvalue weighted by Gasteiger charge is -2.24. The summed E-state index contributed by atoms with van der Waals surface area (Å²) in [5.74, 6) is 0.187. The highest BCUT2D eigenvalue weighted by Crippen LogP contribution is 2.44. The first-order valence-electron chi connectivity index (χ1n) is 11.6. The first-order valence-corrected chi connectivity index (χ1v) is 12.5. The molecule has 2 aromatic carbocycles. The Balaban J connectivity index is 1.77. The van der Waals surface area contributed by atoms with Gasteiger partial charge in [0.05, 0.1) is 18.8 Å². The van der Waals surface area contributed by atoms with Crippen LogP contribution in [0.4, 0.5) is 5.69 Å². The number of aryl methyl sites for hydroxylation is 1. The number of nitrogens with zero attached hydrogens (tertiary/aromatic N) is 1. The zero-order valence-corrected chi connectivity index (χ0v) is 21.1. The van der Waals surface area contributed by atoms with Crippen LogP contribution in [0.1, 0.15) is 42.8 Å². The van der Waals surface area contributed by atoms with E-state index in [0.717, 1.165) is 16.2 Å². The molecule has 0 spiro atoms. The van der Waals surface area contributed by atoms with Crippen molar-refractivity contribution in [2.24, 2.45) is 5.92 Å². The van der Waals surface area contributed by atoms with Crippen LogP contribution in [0.2, 0.25) is 0 Å². The summed E-state index contributed by atoms with van der Waals surface area (Å²) in [6, 6.07) is 15.3. The summed E-state index contributed by atoms with van der Waals surface area (Å²) in [7, 11) is 0. The minimum Gasteiger partial charge on any atom is -0.507 e. The van der Waals surface area contributed by atoms with Gasteiger partial charge in [-0.3, -0.25) is 14.5 Å². The first kappa shape index (κ1) is 24.5. The van der Waals surface area contributed by atoms with Gasteiger partial charge in [0, 0.05) is 16.1 Å². The number of aliphatic hydroxyl groups is 1. The van der Waals surface area contributed by atoms with E-state index in [2.05, 4.69) is 13.8 Å². The van der Waals surface area contributed by atoms with Gasteiger partial charge in [-0.15, -0.1) is 11.3 Å². The largest absolute Gasteiger partial charge is 0.507 e. The van der Waals surface area contributed by atoms with Crippen LogP contribution in [-0.4, -0.2) is 30.0 Å². The van der Waals surface area contributed by atoms with Gasteiger partial charge in [-0.05, 0) is 79.2 Å². The average Bonchev–Trinajstić information content (AvgIpc) is 3.45. The molecular formula is C28H29NO5S. The maximum Gasteiger partial charge on any atom is 0.300 e. The molecule has 1 fully saturated rings. The second-order valence-electron chi connectivity index (χ2n) is 8.80. The number of ether oxygens (including phenoxy) is 2. The van der Waals surface area contributed by atoms with Crippen LogP contribution in [0, 0.1) is 12.8 Å². The third-order valence-electron chi connectivity index (χ3n) is 5.70. The molecule has 0 saturated carbocycles. The Morgan fingerprint density at radius 2 is 1.83 bits per heavy atom. The maximum absolute atomic E-state index is 13.3. The van der Waals surface area contributed by atoms with Gasteiger partial charge in [0.1, 0.15) is 23.3 Å². The number of carbonyl (C=O) groups is 2. The van der Waals surface area contributed by atoms with Gasteiger partial charge < -0.3 is 14.6 Å². The highest BCUT2D eigenvalue weighted by atomic mass is 32.1. The molecule has 3 aromatic rings. The molecule has 1 saturated heterocycles. The van der Waals surface area contributed by atoms with E-state index in [1.165, 1.54) is 16.2 Å². The summed E-state index contributed by atoms with van der Waals surface area (Å²) in [5.41, 5.74) is 1.93. The SMILES string of the molecule is CCOc1ccc(N2C(=O)C(=O)/C(=C(\O)c3ccc(OCC(C)C)c(C)c3)C2c2cccs2)cc1. The van der Waals surface area contributed by atoms with Gasteiger partial charge >= 0.3 is 0 Å². The summed E-state index contributed by atoms with van der Waals surface area (Å²) >= 11 is 1.43. The fourth-order valence-corrected chi connectivity index (χ4v) is 4.88. The topological polar surface area (TPSA) is 76.1 Å². The van der Waals surface area contributed by atoms with Gasteiger partial charge in [0.2, 0.25) is 0 Å². The van der Waals surface area contributed by atoms with Crippen LogP contribution >= 0.6 is 11.3 Å². The molecule has 6 nitrogen and oxygen atoms in total. The fraction of sp³-hybridized carbons (Fsp3) is 0.286. The molecule has 182 valence electrons. The maximum atomic E-state index is 13.3. The fourth-order valence-electron chi connectivity index (χ4n) is 4.06. The summed E-state index contributed by atoms with van der Waals surface area (Å²) < 4.78 is 11.4. The number of aliphatic hydroxyl groups excluding tert-OH is 1. The number of hydrogen-bond donors (Lipinski definition) is 1. The monoisotopic (exact) mass is 491 g/mol. The lowest BCUT2D eigenvalue weighted by atomic mass is 9.98. The van der Waals surface area contributed by atoms with Gasteiger partial charge in [0.15, 0.2) is 0 Å². The highest BCUT2D eigenvalue weighted by Gasteiger charge is 2.47. The third-order valence-corrected chi connectivity index (χ3v) is 6.63. The van der Waals surface area contributed by atoms with Crippen molar-refractivity contribution in [3.8, 4) is 11.5 Å². The summed E-state index contributed by atoms with van der Waals surface area (Å²) in [6.07, 6.45) is 0.